The molecule has 2 rings (SSSR count). The number of para-hydroxylation sites is 1. The summed E-state index contributed by atoms with van der Waals surface area (Å²) in [7, 11) is 0. The van der Waals surface area contributed by atoms with Crippen molar-refractivity contribution in [1.29, 1.82) is 0 Å². The maximum absolute atomic E-state index is 11.7. The maximum atomic E-state index is 11.7. The van der Waals surface area contributed by atoms with E-state index in [4.69, 9.17) is 16.7 Å². The molecule has 0 fully saturated rings. The second kappa shape index (κ2) is 7.42. The summed E-state index contributed by atoms with van der Waals surface area (Å²) >= 11 is 5.80. The van der Waals surface area contributed by atoms with Gasteiger partial charge in [-0.25, -0.2) is 9.79 Å². The Kier molecular flexibility index (Phi) is 5.32. The fourth-order valence-electron chi connectivity index (χ4n) is 1.74. The number of aromatic carboxylic acids is 1. The summed E-state index contributed by atoms with van der Waals surface area (Å²) in [5, 5.41) is 9.69. The predicted molar refractivity (Wildman–Crippen MR) is 89.4 cm³/mol. The van der Waals surface area contributed by atoms with Crippen LogP contribution >= 0.6 is 11.6 Å². The van der Waals surface area contributed by atoms with Gasteiger partial charge in [0.1, 0.15) is 0 Å². The minimum Gasteiger partial charge on any atom is -0.478 e. The van der Waals surface area contributed by atoms with Gasteiger partial charge in [0.05, 0.1) is 16.9 Å². The number of hydrogen-bond acceptors (Lipinski definition) is 4. The minimum atomic E-state index is -1.08. The van der Waals surface area contributed by atoms with Gasteiger partial charge in [0.15, 0.2) is 11.6 Å². The lowest BCUT2D eigenvalue weighted by atomic mass is 10.2. The molecule has 0 aromatic heterocycles. The van der Waals surface area contributed by atoms with E-state index in [-0.39, 0.29) is 17.2 Å². The smallest absolute Gasteiger partial charge is 0.337 e. The van der Waals surface area contributed by atoms with Gasteiger partial charge in [-0.3, -0.25) is 15.6 Å². The lowest BCUT2D eigenvalue weighted by Crippen LogP contribution is -2.34. The quantitative estimate of drug-likeness (QED) is 0.444. The Morgan fingerprint density at radius 2 is 1.74 bits per heavy atom. The van der Waals surface area contributed by atoms with Crippen LogP contribution in [0.25, 0.3) is 0 Å². The van der Waals surface area contributed by atoms with E-state index < -0.39 is 5.97 Å². The Hall–Kier alpha value is -2.86. The number of aliphatic imine (C=N–C) groups is 1. The number of ketones is 1. The summed E-state index contributed by atoms with van der Waals surface area (Å²) in [6, 6.07) is 13.0. The van der Waals surface area contributed by atoms with E-state index in [0.717, 1.165) is 0 Å². The number of benzene rings is 2. The van der Waals surface area contributed by atoms with Crippen LogP contribution in [0, 0.1) is 0 Å². The van der Waals surface area contributed by atoms with Gasteiger partial charge in [-0.15, -0.1) is 0 Å². The summed E-state index contributed by atoms with van der Waals surface area (Å²) in [6.45, 7) is 1.35. The summed E-state index contributed by atoms with van der Waals surface area (Å²) in [5.74, 6) is -1.33. The van der Waals surface area contributed by atoms with Gasteiger partial charge in [0.2, 0.25) is 0 Å². The number of carbonyl (C=O) groups is 2. The Balaban J connectivity index is 2.20. The van der Waals surface area contributed by atoms with E-state index in [1.165, 1.54) is 13.0 Å². The van der Waals surface area contributed by atoms with Crippen LogP contribution in [0.4, 0.5) is 11.4 Å². The Morgan fingerprint density at radius 1 is 1.09 bits per heavy atom. The second-order valence-corrected chi connectivity index (χ2v) is 5.03. The molecule has 2 aromatic rings. The van der Waals surface area contributed by atoms with Crippen molar-refractivity contribution >= 4 is 40.6 Å². The molecule has 0 radical (unpaired) electrons. The molecule has 0 heterocycles. The first-order chi connectivity index (χ1) is 11.0. The number of halogens is 1. The first kappa shape index (κ1) is 16.5. The molecule has 0 atom stereocenters. The summed E-state index contributed by atoms with van der Waals surface area (Å²) in [6.07, 6.45) is 0. The number of hydrogen-bond donors (Lipinski definition) is 3. The topological polar surface area (TPSA) is 90.8 Å². The predicted octanol–water partition coefficient (Wildman–Crippen LogP) is 3.27. The Bertz CT molecular complexity index is 757. The van der Waals surface area contributed by atoms with Gasteiger partial charge in [-0.05, 0) is 36.4 Å². The van der Waals surface area contributed by atoms with Crippen molar-refractivity contribution in [2.24, 2.45) is 4.99 Å². The van der Waals surface area contributed by atoms with Gasteiger partial charge in [-0.2, -0.15) is 0 Å². The van der Waals surface area contributed by atoms with E-state index in [2.05, 4.69) is 15.8 Å². The van der Waals surface area contributed by atoms with E-state index in [9.17, 15) is 9.59 Å². The summed E-state index contributed by atoms with van der Waals surface area (Å²) in [4.78, 5) is 27.0. The SMILES string of the molecule is CC(=O)C(=Nc1ccc(Cl)cc1)NNc1ccccc1C(=O)O. The summed E-state index contributed by atoms with van der Waals surface area (Å²) < 4.78 is 0. The molecule has 0 saturated heterocycles. The Morgan fingerprint density at radius 3 is 2.35 bits per heavy atom. The van der Waals surface area contributed by atoms with E-state index in [0.29, 0.717) is 16.4 Å². The third-order valence-electron chi connectivity index (χ3n) is 2.87. The number of carbonyl (C=O) groups excluding carboxylic acids is 1. The molecule has 0 saturated carbocycles. The lowest BCUT2D eigenvalue weighted by molar-refractivity contribution is -0.111. The average Bonchev–Trinajstić information content (AvgIpc) is 2.53. The van der Waals surface area contributed by atoms with Crippen molar-refractivity contribution in [3.05, 3.63) is 59.1 Å². The van der Waals surface area contributed by atoms with Crippen molar-refractivity contribution in [1.82, 2.24) is 5.43 Å². The fourth-order valence-corrected chi connectivity index (χ4v) is 1.87. The highest BCUT2D eigenvalue weighted by molar-refractivity contribution is 6.38. The number of carboxylic acid groups (broad SMARTS) is 1. The molecule has 23 heavy (non-hydrogen) atoms. The molecule has 0 aliphatic heterocycles. The number of carboxylic acids is 1. The van der Waals surface area contributed by atoms with Gasteiger partial charge < -0.3 is 5.11 Å². The molecule has 118 valence electrons. The van der Waals surface area contributed by atoms with Gasteiger partial charge in [-0.1, -0.05) is 23.7 Å². The molecule has 0 aliphatic carbocycles. The zero-order chi connectivity index (χ0) is 16.8. The molecular formula is C16H14ClN3O3. The number of nitrogens with zero attached hydrogens (tertiary/aromatic N) is 1. The van der Waals surface area contributed by atoms with Gasteiger partial charge in [0, 0.05) is 11.9 Å². The highest BCUT2D eigenvalue weighted by atomic mass is 35.5. The van der Waals surface area contributed by atoms with E-state index in [1.807, 2.05) is 0 Å². The average molecular weight is 332 g/mol. The van der Waals surface area contributed by atoms with Crippen LogP contribution in [-0.4, -0.2) is 22.7 Å². The normalized spacial score (nSPS) is 11.0. The van der Waals surface area contributed by atoms with Crippen molar-refractivity contribution in [3.63, 3.8) is 0 Å². The molecule has 0 bridgehead atoms. The maximum Gasteiger partial charge on any atom is 0.337 e. The standard InChI is InChI=1S/C16H14ClN3O3/c1-10(21)15(18-12-8-6-11(17)7-9-12)20-19-14-5-3-2-4-13(14)16(22)23/h2-9,19H,1H3,(H,18,20)(H,22,23). The number of nitrogens with one attached hydrogen (secondary N) is 2. The van der Waals surface area contributed by atoms with Crippen molar-refractivity contribution in [2.75, 3.05) is 5.43 Å². The number of rotatable bonds is 5. The van der Waals surface area contributed by atoms with Crippen LogP contribution in [0.3, 0.4) is 0 Å². The van der Waals surface area contributed by atoms with Crippen molar-refractivity contribution < 1.29 is 14.7 Å². The monoisotopic (exact) mass is 331 g/mol. The molecule has 2 aromatic carbocycles. The molecule has 0 aliphatic rings. The zero-order valence-corrected chi connectivity index (χ0v) is 13.0. The molecule has 0 spiro atoms. The first-order valence-corrected chi connectivity index (χ1v) is 7.04. The largest absolute Gasteiger partial charge is 0.478 e. The van der Waals surface area contributed by atoms with Crippen LogP contribution in [-0.2, 0) is 4.79 Å². The zero-order valence-electron chi connectivity index (χ0n) is 12.2. The Labute approximate surface area is 137 Å². The first-order valence-electron chi connectivity index (χ1n) is 6.67. The van der Waals surface area contributed by atoms with Crippen LogP contribution in [0.2, 0.25) is 5.02 Å². The number of anilines is 1. The number of Topliss-reactive ketones (excluding diaryl/α,β-unsaturated/α-hetero) is 1. The molecule has 0 amide bonds. The molecule has 6 nitrogen and oxygen atoms in total. The molecular weight excluding hydrogens is 318 g/mol. The van der Waals surface area contributed by atoms with Crippen LogP contribution in [0.15, 0.2) is 53.5 Å². The third-order valence-corrected chi connectivity index (χ3v) is 3.13. The summed E-state index contributed by atoms with van der Waals surface area (Å²) in [5.41, 5.74) is 6.29. The molecule has 7 heteroatoms. The van der Waals surface area contributed by atoms with E-state index in [1.54, 1.807) is 42.5 Å². The highest BCUT2D eigenvalue weighted by Crippen LogP contribution is 2.17. The van der Waals surface area contributed by atoms with Crippen LogP contribution in [0.1, 0.15) is 17.3 Å². The van der Waals surface area contributed by atoms with E-state index >= 15 is 0 Å². The third kappa shape index (κ3) is 4.55. The highest BCUT2D eigenvalue weighted by Gasteiger charge is 2.11. The fraction of sp³-hybridized carbons (Fsp3) is 0.0625. The second-order valence-electron chi connectivity index (χ2n) is 4.59. The van der Waals surface area contributed by atoms with Crippen LogP contribution in [0.5, 0.6) is 0 Å². The van der Waals surface area contributed by atoms with Crippen molar-refractivity contribution in [3.8, 4) is 0 Å². The van der Waals surface area contributed by atoms with Crippen LogP contribution < -0.4 is 10.9 Å². The van der Waals surface area contributed by atoms with Crippen molar-refractivity contribution in [2.45, 2.75) is 6.92 Å². The minimum absolute atomic E-state index is 0.0486. The molecule has 0 unspecified atom stereocenters. The number of amidine groups is 1. The van der Waals surface area contributed by atoms with Gasteiger partial charge in [0.25, 0.3) is 0 Å². The molecule has 3 N–H and O–H groups in total. The lowest BCUT2D eigenvalue weighted by Gasteiger charge is -2.12. The van der Waals surface area contributed by atoms with Gasteiger partial charge >= 0.3 is 5.97 Å². The number of hydrazine groups is 1.